The van der Waals surface area contributed by atoms with Gasteiger partial charge < -0.3 is 0 Å². The average molecular weight is 535 g/mol. The summed E-state index contributed by atoms with van der Waals surface area (Å²) in [5.41, 5.74) is 4.45. The molecule has 0 radical (unpaired) electrons. The highest BCUT2D eigenvalue weighted by Gasteiger charge is 2.31. The fourth-order valence-corrected chi connectivity index (χ4v) is 4.62. The number of rotatable bonds is 4. The molecular weight excluding hydrogens is 513 g/mol. The monoisotopic (exact) mass is 534 g/mol. The number of hydrogen-bond donors (Lipinski definition) is 0. The molecule has 0 N–H and O–H groups in total. The Kier molecular flexibility index (Phi) is 6.20. The van der Waals surface area contributed by atoms with Crippen LogP contribution in [0.15, 0.2) is 97.6 Å². The van der Waals surface area contributed by atoms with Gasteiger partial charge in [0.1, 0.15) is 17.7 Å². The van der Waals surface area contributed by atoms with Crippen molar-refractivity contribution in [2.24, 2.45) is 0 Å². The number of aryl methyl sites for hydroxylation is 1. The van der Waals surface area contributed by atoms with E-state index in [1.165, 1.54) is 6.33 Å². The lowest BCUT2D eigenvalue weighted by Gasteiger charge is -2.13. The zero-order valence-electron chi connectivity index (χ0n) is 21.3. The zero-order chi connectivity index (χ0) is 27.9. The number of benzene rings is 3. The van der Waals surface area contributed by atoms with Crippen LogP contribution in [0, 0.1) is 18.8 Å². The second-order valence-corrected chi connectivity index (χ2v) is 9.44. The van der Waals surface area contributed by atoms with Crippen LogP contribution in [0.25, 0.3) is 22.4 Å². The van der Waals surface area contributed by atoms with Gasteiger partial charge in [0.05, 0.1) is 22.8 Å². The molecule has 0 saturated heterocycles. The summed E-state index contributed by atoms with van der Waals surface area (Å²) in [6, 6.07) is 21.7. The summed E-state index contributed by atoms with van der Waals surface area (Å²) in [4.78, 5) is 21.9. The number of nitrogens with zero attached hydrogens (tertiary/aromatic N) is 4. The summed E-state index contributed by atoms with van der Waals surface area (Å²) in [6.07, 6.45) is 0.262. The maximum Gasteiger partial charge on any atom is 0.416 e. The Labute approximate surface area is 227 Å². The van der Waals surface area contributed by atoms with Crippen molar-refractivity contribution in [1.29, 1.82) is 0 Å². The number of pyridine rings is 1. The molecule has 3 aromatic carbocycles. The highest BCUT2D eigenvalue weighted by atomic mass is 19.4. The molecule has 5 nitrogen and oxygen atoms in total. The van der Waals surface area contributed by atoms with Crippen molar-refractivity contribution >= 4 is 22.5 Å². The van der Waals surface area contributed by atoms with Crippen LogP contribution in [-0.2, 0) is 12.6 Å². The van der Waals surface area contributed by atoms with E-state index in [4.69, 9.17) is 0 Å². The maximum atomic E-state index is 13.8. The van der Waals surface area contributed by atoms with Gasteiger partial charge in [-0.05, 0) is 72.5 Å². The molecule has 0 fully saturated rings. The second kappa shape index (κ2) is 9.86. The highest BCUT2D eigenvalue weighted by Crippen LogP contribution is 2.33. The number of halogens is 3. The van der Waals surface area contributed by atoms with E-state index >= 15 is 0 Å². The number of aromatic nitrogens is 4. The van der Waals surface area contributed by atoms with Crippen LogP contribution >= 0.6 is 0 Å². The van der Waals surface area contributed by atoms with Gasteiger partial charge in [-0.3, -0.25) is 13.8 Å². The topological polar surface area (TPSA) is 52.2 Å². The van der Waals surface area contributed by atoms with E-state index in [2.05, 4.69) is 21.8 Å². The molecule has 0 saturated carbocycles. The summed E-state index contributed by atoms with van der Waals surface area (Å²) < 4.78 is 44.9. The minimum atomic E-state index is -4.57. The van der Waals surface area contributed by atoms with Crippen LogP contribution in [0.3, 0.4) is 0 Å². The number of Topliss-reactive ketones (excluding diaryl/α,β-unsaturated/α-hetero) is 1. The Hall–Kier alpha value is -5.16. The zero-order valence-corrected chi connectivity index (χ0v) is 21.3. The molecule has 6 rings (SSSR count). The van der Waals surface area contributed by atoms with Crippen molar-refractivity contribution in [3.05, 3.63) is 131 Å². The first-order valence-electron chi connectivity index (χ1n) is 12.5. The first kappa shape index (κ1) is 25.1. The van der Waals surface area contributed by atoms with Gasteiger partial charge >= 0.3 is 6.18 Å². The number of imidazole rings is 2. The summed E-state index contributed by atoms with van der Waals surface area (Å²) >= 11 is 0. The predicted molar refractivity (Wildman–Crippen MR) is 146 cm³/mol. The van der Waals surface area contributed by atoms with Crippen molar-refractivity contribution < 1.29 is 18.0 Å². The first-order chi connectivity index (χ1) is 19.3. The molecule has 3 aromatic heterocycles. The third kappa shape index (κ3) is 4.85. The number of hydrogen-bond acceptors (Lipinski definition) is 3. The minimum absolute atomic E-state index is 0.202. The molecule has 8 heteroatoms. The predicted octanol–water partition coefficient (Wildman–Crippen LogP) is 6.83. The maximum absolute atomic E-state index is 13.8. The summed E-state index contributed by atoms with van der Waals surface area (Å²) in [5.74, 6) is 5.92. The first-order valence-corrected chi connectivity index (χ1v) is 12.5. The third-order valence-corrected chi connectivity index (χ3v) is 6.70. The van der Waals surface area contributed by atoms with Crippen molar-refractivity contribution in [2.45, 2.75) is 19.5 Å². The van der Waals surface area contributed by atoms with E-state index in [0.717, 1.165) is 23.3 Å². The number of para-hydroxylation sites is 2. The Bertz CT molecular complexity index is 1970. The lowest BCUT2D eigenvalue weighted by atomic mass is 9.97. The van der Waals surface area contributed by atoms with Gasteiger partial charge in [-0.1, -0.05) is 36.3 Å². The van der Waals surface area contributed by atoms with Crippen LogP contribution in [0.5, 0.6) is 0 Å². The van der Waals surface area contributed by atoms with Crippen molar-refractivity contribution in [3.8, 4) is 17.5 Å². The third-order valence-electron chi connectivity index (χ3n) is 6.70. The molecule has 3 heterocycles. The van der Waals surface area contributed by atoms with Crippen LogP contribution in [0.4, 0.5) is 13.2 Å². The molecule has 0 aliphatic rings. The number of ketones is 1. The van der Waals surface area contributed by atoms with Crippen molar-refractivity contribution in [3.63, 3.8) is 0 Å². The quantitative estimate of drug-likeness (QED) is 0.184. The van der Waals surface area contributed by atoms with Crippen LogP contribution < -0.4 is 0 Å². The number of fused-ring (bicyclic) bond motifs is 2. The molecule has 40 heavy (non-hydrogen) atoms. The van der Waals surface area contributed by atoms with Gasteiger partial charge in [0, 0.05) is 29.4 Å². The molecule has 0 bridgehead atoms. The van der Waals surface area contributed by atoms with E-state index in [0.29, 0.717) is 27.9 Å². The Morgan fingerprint density at radius 1 is 0.925 bits per heavy atom. The molecule has 0 unspecified atom stereocenters. The van der Waals surface area contributed by atoms with Crippen LogP contribution in [0.2, 0.25) is 0 Å². The van der Waals surface area contributed by atoms with Gasteiger partial charge in [0.15, 0.2) is 5.78 Å². The molecule has 6 aromatic rings. The van der Waals surface area contributed by atoms with Crippen LogP contribution in [-0.4, -0.2) is 24.7 Å². The fourth-order valence-electron chi connectivity index (χ4n) is 4.62. The minimum Gasteiger partial charge on any atom is -0.299 e. The molecule has 0 spiro atoms. The molecule has 0 amide bonds. The van der Waals surface area contributed by atoms with E-state index in [1.807, 2.05) is 41.8 Å². The van der Waals surface area contributed by atoms with E-state index < -0.39 is 11.7 Å². The lowest BCUT2D eigenvalue weighted by Crippen LogP contribution is -2.10. The number of carbonyl (C=O) groups excluding carboxylic acids is 1. The standard InChI is InChI=1S/C32H21F3N4O/c1-21-9-10-24(17-23(21)11-12-26-19-36-31-8-4-5-13-38(26)31)30(40)16-22-14-25(32(33,34)35)18-27(15-22)39-20-37-28-6-2-3-7-29(28)39/h2-10,13-15,17-20H,16H2,1H3. The largest absolute Gasteiger partial charge is 0.416 e. The Balaban J connectivity index is 1.33. The Morgan fingerprint density at radius 3 is 2.60 bits per heavy atom. The van der Waals surface area contributed by atoms with Crippen molar-refractivity contribution in [2.75, 3.05) is 0 Å². The molecule has 196 valence electrons. The van der Waals surface area contributed by atoms with E-state index in [-0.39, 0.29) is 23.5 Å². The van der Waals surface area contributed by atoms with Crippen molar-refractivity contribution in [1.82, 2.24) is 18.9 Å². The SMILES string of the molecule is Cc1ccc(C(=O)Cc2cc(-n3cnc4ccccc43)cc(C(F)(F)F)c2)cc1C#Cc1cnc2ccccn12. The smallest absolute Gasteiger partial charge is 0.299 e. The number of carbonyl (C=O) groups is 1. The number of alkyl halides is 3. The van der Waals surface area contributed by atoms with Crippen LogP contribution in [0.1, 0.15) is 38.3 Å². The molecular formula is C32H21F3N4O. The Morgan fingerprint density at radius 2 is 1.75 bits per heavy atom. The normalized spacial score (nSPS) is 11.5. The highest BCUT2D eigenvalue weighted by molar-refractivity contribution is 5.98. The van der Waals surface area contributed by atoms with E-state index in [1.54, 1.807) is 53.2 Å². The second-order valence-electron chi connectivity index (χ2n) is 9.44. The van der Waals surface area contributed by atoms with Gasteiger partial charge in [-0.25, -0.2) is 9.97 Å². The average Bonchev–Trinajstić information content (AvgIpc) is 3.56. The summed E-state index contributed by atoms with van der Waals surface area (Å²) in [5, 5.41) is 0. The lowest BCUT2D eigenvalue weighted by molar-refractivity contribution is -0.137. The van der Waals surface area contributed by atoms with E-state index in [9.17, 15) is 18.0 Å². The van der Waals surface area contributed by atoms with Gasteiger partial charge in [-0.2, -0.15) is 13.2 Å². The van der Waals surface area contributed by atoms with Gasteiger partial charge in [0.25, 0.3) is 0 Å². The summed E-state index contributed by atoms with van der Waals surface area (Å²) in [6.45, 7) is 1.89. The fraction of sp³-hybridized carbons (Fsp3) is 0.0938. The summed E-state index contributed by atoms with van der Waals surface area (Å²) in [7, 11) is 0. The molecule has 0 atom stereocenters. The molecule has 0 aliphatic heterocycles. The molecule has 0 aliphatic carbocycles. The van der Waals surface area contributed by atoms with Gasteiger partial charge in [-0.15, -0.1) is 0 Å². The van der Waals surface area contributed by atoms with Gasteiger partial charge in [0.2, 0.25) is 0 Å².